The van der Waals surface area contributed by atoms with Crippen LogP contribution < -0.4 is 10.6 Å². The van der Waals surface area contributed by atoms with Crippen molar-refractivity contribution in [2.45, 2.75) is 27.2 Å². The summed E-state index contributed by atoms with van der Waals surface area (Å²) in [5, 5.41) is 2.19. The Morgan fingerprint density at radius 3 is 2.74 bits per heavy atom. The Bertz CT molecular complexity index is 551. The molecule has 1 aromatic heterocycles. The average Bonchev–Trinajstić information content (AvgIpc) is 2.45. The van der Waals surface area contributed by atoms with Gasteiger partial charge >= 0.3 is 0 Å². The number of hydrogen-bond acceptors (Lipinski definition) is 3. The highest BCUT2D eigenvalue weighted by atomic mass is 15.1. The highest BCUT2D eigenvalue weighted by molar-refractivity contribution is 5.98. The van der Waals surface area contributed by atoms with E-state index in [1.54, 1.807) is 6.20 Å². The van der Waals surface area contributed by atoms with Gasteiger partial charge in [-0.15, -0.1) is 0 Å². The van der Waals surface area contributed by atoms with Crippen LogP contribution >= 0.6 is 0 Å². The minimum absolute atomic E-state index is 0.674. The monoisotopic (exact) mass is 257 g/mol. The van der Waals surface area contributed by atoms with Crippen molar-refractivity contribution in [1.29, 1.82) is 0 Å². The van der Waals surface area contributed by atoms with E-state index in [2.05, 4.69) is 42.8 Å². The number of nitrogen functional groups attached to an aromatic ring is 1. The summed E-state index contributed by atoms with van der Waals surface area (Å²) in [6, 6.07) is 6.21. The van der Waals surface area contributed by atoms with Gasteiger partial charge in [0, 0.05) is 36.3 Å². The van der Waals surface area contributed by atoms with Crippen LogP contribution in [0.5, 0.6) is 0 Å². The first-order chi connectivity index (χ1) is 9.17. The fourth-order valence-electron chi connectivity index (χ4n) is 2.36. The van der Waals surface area contributed by atoms with Crippen molar-refractivity contribution in [3.05, 3.63) is 30.6 Å². The SMILES string of the molecule is CCC(C)CN(CC)c1ccc2cnccc2c1N. The molecule has 3 nitrogen and oxygen atoms in total. The fourth-order valence-corrected chi connectivity index (χ4v) is 2.36. The van der Waals surface area contributed by atoms with Crippen LogP contribution in [-0.4, -0.2) is 18.1 Å². The Morgan fingerprint density at radius 2 is 2.05 bits per heavy atom. The van der Waals surface area contributed by atoms with Crippen LogP contribution in [0.2, 0.25) is 0 Å². The van der Waals surface area contributed by atoms with Crippen LogP contribution in [0.1, 0.15) is 27.2 Å². The van der Waals surface area contributed by atoms with Crippen molar-refractivity contribution in [3.8, 4) is 0 Å². The molecule has 1 atom stereocenters. The van der Waals surface area contributed by atoms with Gasteiger partial charge in [-0.25, -0.2) is 0 Å². The zero-order valence-corrected chi connectivity index (χ0v) is 12.1. The summed E-state index contributed by atoms with van der Waals surface area (Å²) in [6.07, 6.45) is 4.85. The van der Waals surface area contributed by atoms with Crippen molar-refractivity contribution < 1.29 is 0 Å². The second-order valence-electron chi connectivity index (χ2n) is 5.15. The lowest BCUT2D eigenvalue weighted by atomic mass is 10.1. The molecular formula is C16H23N3. The molecule has 0 spiro atoms. The first kappa shape index (κ1) is 13.7. The van der Waals surface area contributed by atoms with E-state index in [-0.39, 0.29) is 0 Å². The first-order valence-corrected chi connectivity index (χ1v) is 7.04. The van der Waals surface area contributed by atoms with Crippen molar-refractivity contribution >= 4 is 22.1 Å². The minimum atomic E-state index is 0.674. The Kier molecular flexibility index (Phi) is 4.25. The van der Waals surface area contributed by atoms with Gasteiger partial charge in [0.2, 0.25) is 0 Å². The lowest BCUT2D eigenvalue weighted by Crippen LogP contribution is -2.28. The summed E-state index contributed by atoms with van der Waals surface area (Å²) in [6.45, 7) is 8.72. The molecule has 3 heteroatoms. The maximum atomic E-state index is 6.34. The Hall–Kier alpha value is -1.77. The van der Waals surface area contributed by atoms with Crippen LogP contribution in [0.15, 0.2) is 30.6 Å². The highest BCUT2D eigenvalue weighted by Gasteiger charge is 2.12. The first-order valence-electron chi connectivity index (χ1n) is 7.04. The lowest BCUT2D eigenvalue weighted by molar-refractivity contribution is 0.548. The number of rotatable bonds is 5. The molecule has 0 radical (unpaired) electrons. The molecule has 0 aliphatic carbocycles. The van der Waals surface area contributed by atoms with Gasteiger partial charge in [0.25, 0.3) is 0 Å². The summed E-state index contributed by atoms with van der Waals surface area (Å²) < 4.78 is 0. The number of anilines is 2. The molecule has 2 N–H and O–H groups in total. The van der Waals surface area contributed by atoms with E-state index in [9.17, 15) is 0 Å². The standard InChI is InChI=1S/C16H23N3/c1-4-12(3)11-19(5-2)15-7-6-13-10-18-9-8-14(13)16(15)17/h6-10,12H,4-5,11,17H2,1-3H3. The molecular weight excluding hydrogens is 234 g/mol. The number of benzene rings is 1. The average molecular weight is 257 g/mol. The quantitative estimate of drug-likeness (QED) is 0.831. The third-order valence-electron chi connectivity index (χ3n) is 3.79. The number of hydrogen-bond donors (Lipinski definition) is 1. The van der Waals surface area contributed by atoms with Gasteiger partial charge in [0.05, 0.1) is 11.4 Å². The third-order valence-corrected chi connectivity index (χ3v) is 3.79. The lowest BCUT2D eigenvalue weighted by Gasteiger charge is -2.28. The minimum Gasteiger partial charge on any atom is -0.397 e. The van der Waals surface area contributed by atoms with Gasteiger partial charge < -0.3 is 10.6 Å². The number of fused-ring (bicyclic) bond motifs is 1. The van der Waals surface area contributed by atoms with Crippen molar-refractivity contribution in [2.24, 2.45) is 5.92 Å². The molecule has 1 heterocycles. The molecule has 0 saturated heterocycles. The number of nitrogens with zero attached hydrogens (tertiary/aromatic N) is 2. The molecule has 19 heavy (non-hydrogen) atoms. The maximum absolute atomic E-state index is 6.34. The number of pyridine rings is 1. The molecule has 0 amide bonds. The van der Waals surface area contributed by atoms with Crippen LogP contribution in [0.3, 0.4) is 0 Å². The topological polar surface area (TPSA) is 42.2 Å². The summed E-state index contributed by atoms with van der Waals surface area (Å²) in [4.78, 5) is 6.51. The molecule has 0 aliphatic rings. The van der Waals surface area contributed by atoms with Gasteiger partial charge in [-0.1, -0.05) is 26.3 Å². The van der Waals surface area contributed by atoms with Crippen molar-refractivity contribution in [2.75, 3.05) is 23.7 Å². The van der Waals surface area contributed by atoms with E-state index in [1.165, 1.54) is 6.42 Å². The van der Waals surface area contributed by atoms with Crippen LogP contribution in [0, 0.1) is 5.92 Å². The van der Waals surface area contributed by atoms with E-state index < -0.39 is 0 Å². The summed E-state index contributed by atoms with van der Waals surface area (Å²) in [5.41, 5.74) is 8.35. The number of aromatic nitrogens is 1. The third kappa shape index (κ3) is 2.80. The largest absolute Gasteiger partial charge is 0.397 e. The van der Waals surface area contributed by atoms with Gasteiger partial charge in [-0.2, -0.15) is 0 Å². The zero-order chi connectivity index (χ0) is 13.8. The molecule has 0 fully saturated rings. The summed E-state index contributed by atoms with van der Waals surface area (Å²) >= 11 is 0. The molecule has 0 aliphatic heterocycles. The number of nitrogens with two attached hydrogens (primary N) is 1. The van der Waals surface area contributed by atoms with Gasteiger partial charge in [-0.3, -0.25) is 4.98 Å². The predicted octanol–water partition coefficient (Wildman–Crippen LogP) is 3.69. The second-order valence-corrected chi connectivity index (χ2v) is 5.15. The Balaban J connectivity index is 2.40. The predicted molar refractivity (Wildman–Crippen MR) is 83.5 cm³/mol. The molecule has 2 aromatic rings. The fraction of sp³-hybridized carbons (Fsp3) is 0.438. The van der Waals surface area contributed by atoms with Crippen LogP contribution in [0.4, 0.5) is 11.4 Å². The normalized spacial score (nSPS) is 12.6. The molecule has 102 valence electrons. The second kappa shape index (κ2) is 5.91. The van der Waals surface area contributed by atoms with E-state index >= 15 is 0 Å². The van der Waals surface area contributed by atoms with Crippen LogP contribution in [-0.2, 0) is 0 Å². The van der Waals surface area contributed by atoms with Crippen LogP contribution in [0.25, 0.3) is 10.8 Å². The van der Waals surface area contributed by atoms with E-state index in [0.29, 0.717) is 5.92 Å². The van der Waals surface area contributed by atoms with E-state index in [4.69, 9.17) is 5.73 Å². The summed E-state index contributed by atoms with van der Waals surface area (Å²) in [7, 11) is 0. The van der Waals surface area contributed by atoms with Gasteiger partial charge in [0.15, 0.2) is 0 Å². The van der Waals surface area contributed by atoms with E-state index in [1.807, 2.05) is 12.3 Å². The Labute approximate surface area is 115 Å². The molecule has 2 rings (SSSR count). The molecule has 1 unspecified atom stereocenters. The molecule has 0 saturated carbocycles. The zero-order valence-electron chi connectivity index (χ0n) is 12.1. The maximum Gasteiger partial charge on any atom is 0.0632 e. The van der Waals surface area contributed by atoms with Crippen molar-refractivity contribution in [3.63, 3.8) is 0 Å². The molecule has 0 bridgehead atoms. The Morgan fingerprint density at radius 1 is 1.26 bits per heavy atom. The van der Waals surface area contributed by atoms with Gasteiger partial charge in [-0.05, 0) is 25.0 Å². The van der Waals surface area contributed by atoms with Gasteiger partial charge in [0.1, 0.15) is 0 Å². The van der Waals surface area contributed by atoms with Crippen molar-refractivity contribution in [1.82, 2.24) is 4.98 Å². The highest BCUT2D eigenvalue weighted by Crippen LogP contribution is 2.31. The molecule has 1 aromatic carbocycles. The smallest absolute Gasteiger partial charge is 0.0632 e. The summed E-state index contributed by atoms with van der Waals surface area (Å²) in [5.74, 6) is 0.674. The van der Waals surface area contributed by atoms with E-state index in [0.717, 1.165) is 35.2 Å².